The number of anilines is 1. The maximum absolute atomic E-state index is 12.6. The number of nitrogens with one attached hydrogen (secondary N) is 2. The first kappa shape index (κ1) is 23.3. The van der Waals surface area contributed by atoms with Crippen molar-refractivity contribution in [2.45, 2.75) is 18.9 Å². The SMILES string of the molecule is COc1ccc([C@H](CC(=O)O)NC(=O)C(C=NCCCNc2ccccn2)=CN)cn1. The van der Waals surface area contributed by atoms with Crippen LogP contribution in [0.25, 0.3) is 0 Å². The van der Waals surface area contributed by atoms with Crippen LogP contribution < -0.4 is 21.1 Å². The Morgan fingerprint density at radius 2 is 2.13 bits per heavy atom. The number of aliphatic carboxylic acids is 1. The number of carbonyl (C=O) groups excluding carboxylic acids is 1. The van der Waals surface area contributed by atoms with E-state index in [1.165, 1.54) is 19.5 Å². The van der Waals surface area contributed by atoms with E-state index in [1.807, 2.05) is 18.2 Å². The fourth-order valence-corrected chi connectivity index (χ4v) is 2.58. The van der Waals surface area contributed by atoms with Crippen molar-refractivity contribution in [3.63, 3.8) is 0 Å². The molecule has 31 heavy (non-hydrogen) atoms. The van der Waals surface area contributed by atoms with Gasteiger partial charge in [0.2, 0.25) is 5.88 Å². The first-order valence-corrected chi connectivity index (χ1v) is 9.62. The normalized spacial score (nSPS) is 12.4. The van der Waals surface area contributed by atoms with Crippen LogP contribution in [-0.4, -0.2) is 53.4 Å². The lowest BCUT2D eigenvalue weighted by atomic mass is 10.1. The van der Waals surface area contributed by atoms with Gasteiger partial charge in [0.25, 0.3) is 5.91 Å². The van der Waals surface area contributed by atoms with Gasteiger partial charge >= 0.3 is 5.97 Å². The van der Waals surface area contributed by atoms with Crippen LogP contribution in [0.15, 0.2) is 59.5 Å². The molecule has 0 radical (unpaired) electrons. The lowest BCUT2D eigenvalue weighted by Gasteiger charge is -2.17. The molecule has 1 atom stereocenters. The number of aliphatic imine (C=N–C) groups is 1. The van der Waals surface area contributed by atoms with E-state index in [-0.39, 0.29) is 12.0 Å². The Hall–Kier alpha value is -3.95. The van der Waals surface area contributed by atoms with Crippen LogP contribution in [0.3, 0.4) is 0 Å². The smallest absolute Gasteiger partial charge is 0.305 e. The summed E-state index contributed by atoms with van der Waals surface area (Å²) in [5.41, 5.74) is 6.23. The zero-order valence-electron chi connectivity index (χ0n) is 17.2. The monoisotopic (exact) mass is 426 g/mol. The van der Waals surface area contributed by atoms with Crippen molar-refractivity contribution >= 4 is 23.9 Å². The molecule has 0 aliphatic carbocycles. The summed E-state index contributed by atoms with van der Waals surface area (Å²) in [4.78, 5) is 36.2. The van der Waals surface area contributed by atoms with Crippen LogP contribution in [0.4, 0.5) is 5.82 Å². The van der Waals surface area contributed by atoms with E-state index in [0.717, 1.165) is 18.4 Å². The molecule has 0 bridgehead atoms. The standard InChI is InChI=1S/C21H26N6O4/c1-31-19-7-6-15(14-26-19)17(11-20(28)29)27-21(30)16(12-22)13-23-8-4-10-25-18-5-2-3-9-24-18/h2-3,5-7,9,12-14,17H,4,8,10-11,22H2,1H3,(H,24,25)(H,27,30)(H,28,29)/t17-/m0/s1. The fourth-order valence-electron chi connectivity index (χ4n) is 2.58. The quantitative estimate of drug-likeness (QED) is 0.227. The Labute approximate surface area is 180 Å². The number of hydrogen-bond donors (Lipinski definition) is 4. The zero-order valence-corrected chi connectivity index (χ0v) is 17.2. The van der Waals surface area contributed by atoms with Crippen molar-refractivity contribution < 1.29 is 19.4 Å². The number of carboxylic acid groups (broad SMARTS) is 1. The van der Waals surface area contributed by atoms with Crippen molar-refractivity contribution in [1.29, 1.82) is 0 Å². The van der Waals surface area contributed by atoms with Crippen LogP contribution >= 0.6 is 0 Å². The van der Waals surface area contributed by atoms with Crippen LogP contribution in [0.5, 0.6) is 5.88 Å². The highest BCUT2D eigenvalue weighted by molar-refractivity contribution is 6.12. The highest BCUT2D eigenvalue weighted by Gasteiger charge is 2.20. The third-order valence-corrected chi connectivity index (χ3v) is 4.16. The van der Waals surface area contributed by atoms with Gasteiger partial charge in [-0.3, -0.25) is 14.6 Å². The number of pyridine rings is 2. The third-order valence-electron chi connectivity index (χ3n) is 4.16. The maximum Gasteiger partial charge on any atom is 0.305 e. The molecule has 10 heteroatoms. The first-order valence-electron chi connectivity index (χ1n) is 9.62. The molecule has 164 valence electrons. The Morgan fingerprint density at radius 1 is 1.29 bits per heavy atom. The van der Waals surface area contributed by atoms with Crippen LogP contribution in [0.2, 0.25) is 0 Å². The fraction of sp³-hybridized carbons (Fsp3) is 0.286. The molecule has 0 saturated carbocycles. The largest absolute Gasteiger partial charge is 0.481 e. The predicted octanol–water partition coefficient (Wildman–Crippen LogP) is 1.53. The summed E-state index contributed by atoms with van der Waals surface area (Å²) in [6.45, 7) is 1.15. The molecule has 0 aliphatic rings. The van der Waals surface area contributed by atoms with Gasteiger partial charge in [0, 0.05) is 44.0 Å². The number of carbonyl (C=O) groups is 2. The second-order valence-corrected chi connectivity index (χ2v) is 6.41. The lowest BCUT2D eigenvalue weighted by Crippen LogP contribution is -2.32. The minimum absolute atomic E-state index is 0.134. The summed E-state index contributed by atoms with van der Waals surface area (Å²) in [6, 6.07) is 8.06. The summed E-state index contributed by atoms with van der Waals surface area (Å²) < 4.78 is 5.00. The molecule has 5 N–H and O–H groups in total. The number of amides is 1. The summed E-state index contributed by atoms with van der Waals surface area (Å²) in [6.07, 6.45) is 6.09. The minimum Gasteiger partial charge on any atom is -0.481 e. The predicted molar refractivity (Wildman–Crippen MR) is 117 cm³/mol. The second-order valence-electron chi connectivity index (χ2n) is 6.41. The molecule has 0 saturated heterocycles. The molecule has 10 nitrogen and oxygen atoms in total. The molecule has 0 aromatic carbocycles. The molecule has 2 heterocycles. The van der Waals surface area contributed by atoms with Gasteiger partial charge in [0.15, 0.2) is 0 Å². The summed E-state index contributed by atoms with van der Waals surface area (Å²) in [5.74, 6) is -0.421. The van der Waals surface area contributed by atoms with Crippen LogP contribution in [0, 0.1) is 0 Å². The number of nitrogens with zero attached hydrogens (tertiary/aromatic N) is 3. The summed E-state index contributed by atoms with van der Waals surface area (Å²) >= 11 is 0. The topological polar surface area (TPSA) is 152 Å². The number of nitrogens with two attached hydrogens (primary N) is 1. The van der Waals surface area contributed by atoms with Gasteiger partial charge in [0.05, 0.1) is 25.1 Å². The average molecular weight is 426 g/mol. The molecular weight excluding hydrogens is 400 g/mol. The first-order chi connectivity index (χ1) is 15.0. The zero-order chi connectivity index (χ0) is 22.5. The highest BCUT2D eigenvalue weighted by Crippen LogP contribution is 2.18. The average Bonchev–Trinajstić information content (AvgIpc) is 2.78. The molecule has 0 fully saturated rings. The lowest BCUT2D eigenvalue weighted by molar-refractivity contribution is -0.137. The Balaban J connectivity index is 1.89. The summed E-state index contributed by atoms with van der Waals surface area (Å²) in [5, 5.41) is 15.0. The third kappa shape index (κ3) is 8.13. The van der Waals surface area contributed by atoms with Gasteiger partial charge in [-0.2, -0.15) is 0 Å². The minimum atomic E-state index is -1.06. The van der Waals surface area contributed by atoms with E-state index in [4.69, 9.17) is 10.5 Å². The number of carboxylic acids is 1. The van der Waals surface area contributed by atoms with E-state index >= 15 is 0 Å². The van der Waals surface area contributed by atoms with Crippen molar-refractivity contribution in [1.82, 2.24) is 15.3 Å². The maximum atomic E-state index is 12.6. The van der Waals surface area contributed by atoms with Gasteiger partial charge in [-0.25, -0.2) is 9.97 Å². The van der Waals surface area contributed by atoms with Crippen molar-refractivity contribution in [2.24, 2.45) is 10.7 Å². The van der Waals surface area contributed by atoms with Gasteiger partial charge < -0.3 is 26.2 Å². The number of hydrogen-bond acceptors (Lipinski definition) is 8. The van der Waals surface area contributed by atoms with Crippen molar-refractivity contribution in [2.75, 3.05) is 25.5 Å². The Kier molecular flexibility index (Phi) is 9.47. The molecule has 2 aromatic rings. The van der Waals surface area contributed by atoms with E-state index in [1.54, 1.807) is 18.3 Å². The molecule has 0 unspecified atom stereocenters. The van der Waals surface area contributed by atoms with Crippen LogP contribution in [-0.2, 0) is 9.59 Å². The van der Waals surface area contributed by atoms with E-state index in [2.05, 4.69) is 25.6 Å². The Morgan fingerprint density at radius 3 is 2.74 bits per heavy atom. The second kappa shape index (κ2) is 12.6. The van der Waals surface area contributed by atoms with E-state index < -0.39 is 17.9 Å². The molecule has 2 aromatic heterocycles. The summed E-state index contributed by atoms with van der Waals surface area (Å²) in [7, 11) is 1.48. The number of rotatable bonds is 12. The molecule has 1 amide bonds. The van der Waals surface area contributed by atoms with Crippen LogP contribution in [0.1, 0.15) is 24.4 Å². The molecule has 2 rings (SSSR count). The van der Waals surface area contributed by atoms with E-state index in [0.29, 0.717) is 24.5 Å². The van der Waals surface area contributed by atoms with Gasteiger partial charge in [-0.05, 0) is 24.1 Å². The molecular formula is C21H26N6O4. The van der Waals surface area contributed by atoms with Crippen molar-refractivity contribution in [3.8, 4) is 5.88 Å². The molecule has 0 spiro atoms. The van der Waals surface area contributed by atoms with Gasteiger partial charge in [-0.15, -0.1) is 0 Å². The molecule has 0 aliphatic heterocycles. The highest BCUT2D eigenvalue weighted by atomic mass is 16.5. The number of ether oxygens (including phenoxy) is 1. The Bertz CT molecular complexity index is 900. The van der Waals surface area contributed by atoms with Gasteiger partial charge in [-0.1, -0.05) is 12.1 Å². The number of methoxy groups -OCH3 is 1. The van der Waals surface area contributed by atoms with Crippen molar-refractivity contribution in [3.05, 3.63) is 60.1 Å². The number of aromatic nitrogens is 2. The van der Waals surface area contributed by atoms with E-state index in [9.17, 15) is 14.7 Å². The van der Waals surface area contributed by atoms with Gasteiger partial charge in [0.1, 0.15) is 5.82 Å².